The van der Waals surface area contributed by atoms with Crippen molar-refractivity contribution in [1.82, 2.24) is 4.98 Å². The van der Waals surface area contributed by atoms with Crippen LogP contribution in [-0.2, 0) is 0 Å². The molecule has 0 radical (unpaired) electrons. The van der Waals surface area contributed by atoms with Gasteiger partial charge in [0.1, 0.15) is 0 Å². The molecule has 0 aliphatic heterocycles. The van der Waals surface area contributed by atoms with Crippen molar-refractivity contribution < 1.29 is 5.11 Å². The van der Waals surface area contributed by atoms with E-state index in [0.717, 1.165) is 11.5 Å². The van der Waals surface area contributed by atoms with Crippen LogP contribution in [0.2, 0.25) is 0 Å². The van der Waals surface area contributed by atoms with Gasteiger partial charge < -0.3 is 5.11 Å². The monoisotopic (exact) mass is 271 g/mol. The molecule has 1 N–H and O–H groups in total. The van der Waals surface area contributed by atoms with E-state index in [4.69, 9.17) is 0 Å². The van der Waals surface area contributed by atoms with E-state index in [-0.39, 0.29) is 11.5 Å². The number of hydrogen-bond acceptors (Lipinski definition) is 2. The van der Waals surface area contributed by atoms with Crippen LogP contribution in [0.1, 0.15) is 64.0 Å². The Morgan fingerprint density at radius 3 is 2.40 bits per heavy atom. The number of nitrogens with zero attached hydrogens (tertiary/aromatic N) is 1. The van der Waals surface area contributed by atoms with Gasteiger partial charge in [0, 0.05) is 17.8 Å². The first kappa shape index (κ1) is 12.8. The van der Waals surface area contributed by atoms with Gasteiger partial charge in [0.25, 0.3) is 0 Å². The molecule has 20 heavy (non-hydrogen) atoms. The van der Waals surface area contributed by atoms with E-state index < -0.39 is 0 Å². The molecule has 4 fully saturated rings. The van der Waals surface area contributed by atoms with E-state index in [1.54, 1.807) is 6.20 Å². The second-order valence-corrected chi connectivity index (χ2v) is 8.68. The van der Waals surface area contributed by atoms with Crippen LogP contribution in [0.4, 0.5) is 0 Å². The molecular formula is C18H25NO. The Bertz CT molecular complexity index is 507. The van der Waals surface area contributed by atoms with Crippen molar-refractivity contribution in [3.05, 3.63) is 30.1 Å². The predicted octanol–water partition coefficient (Wildman–Crippen LogP) is 4.11. The Labute approximate surface area is 121 Å². The minimum Gasteiger partial charge on any atom is -0.388 e. The molecule has 4 saturated carbocycles. The maximum absolute atomic E-state index is 11.1. The quantitative estimate of drug-likeness (QED) is 0.878. The highest BCUT2D eigenvalue weighted by Crippen LogP contribution is 2.72. The molecule has 4 bridgehead atoms. The molecular weight excluding hydrogens is 246 g/mol. The third kappa shape index (κ3) is 1.77. The highest BCUT2D eigenvalue weighted by atomic mass is 16.3. The van der Waals surface area contributed by atoms with Crippen molar-refractivity contribution in [1.29, 1.82) is 0 Å². The average Bonchev–Trinajstić information content (AvgIpc) is 2.34. The zero-order valence-corrected chi connectivity index (χ0v) is 12.6. The van der Waals surface area contributed by atoms with Crippen molar-refractivity contribution in [2.75, 3.05) is 0 Å². The Morgan fingerprint density at radius 1 is 1.15 bits per heavy atom. The fourth-order valence-electron chi connectivity index (χ4n) is 6.73. The van der Waals surface area contributed by atoms with Crippen LogP contribution in [0.5, 0.6) is 0 Å². The zero-order valence-electron chi connectivity index (χ0n) is 12.6. The summed E-state index contributed by atoms with van der Waals surface area (Å²) in [5.41, 5.74) is 2.03. The topological polar surface area (TPSA) is 33.1 Å². The highest BCUT2D eigenvalue weighted by molar-refractivity contribution is 5.20. The Kier molecular flexibility index (Phi) is 2.47. The molecule has 5 rings (SSSR count). The maximum atomic E-state index is 11.1. The Balaban J connectivity index is 1.74. The van der Waals surface area contributed by atoms with Gasteiger partial charge in [-0.15, -0.1) is 0 Å². The summed E-state index contributed by atoms with van der Waals surface area (Å²) < 4.78 is 0. The lowest BCUT2D eigenvalue weighted by molar-refractivity contribution is -0.187. The maximum Gasteiger partial charge on any atom is 0.0861 e. The molecule has 1 heterocycles. The summed E-state index contributed by atoms with van der Waals surface area (Å²) in [6.45, 7) is 4.92. The van der Waals surface area contributed by atoms with Gasteiger partial charge in [-0.1, -0.05) is 19.9 Å². The van der Waals surface area contributed by atoms with E-state index in [1.807, 2.05) is 18.3 Å². The normalized spacial score (nSPS) is 47.5. The van der Waals surface area contributed by atoms with Crippen LogP contribution < -0.4 is 0 Å². The van der Waals surface area contributed by atoms with Crippen LogP contribution in [-0.4, -0.2) is 10.1 Å². The SMILES string of the molecule is CC12CC3CC(C)(C1)CC(C(O)c1cccnc1)(C3)C2. The van der Waals surface area contributed by atoms with Crippen molar-refractivity contribution in [3.8, 4) is 0 Å². The summed E-state index contributed by atoms with van der Waals surface area (Å²) in [5, 5.41) is 11.1. The van der Waals surface area contributed by atoms with Gasteiger partial charge in [-0.25, -0.2) is 0 Å². The minimum atomic E-state index is -0.335. The van der Waals surface area contributed by atoms with Crippen LogP contribution in [0.15, 0.2) is 24.5 Å². The molecule has 4 aliphatic rings. The molecule has 4 aliphatic carbocycles. The smallest absolute Gasteiger partial charge is 0.0861 e. The Morgan fingerprint density at radius 2 is 1.85 bits per heavy atom. The lowest BCUT2D eigenvalue weighted by Crippen LogP contribution is -2.56. The molecule has 1 aromatic heterocycles. The molecule has 2 nitrogen and oxygen atoms in total. The number of aromatic nitrogens is 1. The first-order valence-corrected chi connectivity index (χ1v) is 8.00. The molecule has 108 valence electrons. The van der Waals surface area contributed by atoms with E-state index in [2.05, 4.69) is 18.8 Å². The fraction of sp³-hybridized carbons (Fsp3) is 0.722. The van der Waals surface area contributed by atoms with E-state index in [9.17, 15) is 5.11 Å². The van der Waals surface area contributed by atoms with E-state index >= 15 is 0 Å². The lowest BCUT2D eigenvalue weighted by atomic mass is 9.39. The molecule has 0 spiro atoms. The summed E-state index contributed by atoms with van der Waals surface area (Å²) in [6.07, 6.45) is 11.0. The second kappa shape index (κ2) is 3.85. The number of hydrogen-bond donors (Lipinski definition) is 1. The van der Waals surface area contributed by atoms with Crippen LogP contribution >= 0.6 is 0 Å². The Hall–Kier alpha value is -0.890. The van der Waals surface area contributed by atoms with Crippen molar-refractivity contribution >= 4 is 0 Å². The third-order valence-corrected chi connectivity index (χ3v) is 6.25. The number of aliphatic hydroxyl groups is 1. The number of rotatable bonds is 2. The van der Waals surface area contributed by atoms with Crippen LogP contribution in [0.3, 0.4) is 0 Å². The fourth-order valence-corrected chi connectivity index (χ4v) is 6.73. The number of aliphatic hydroxyl groups excluding tert-OH is 1. The molecule has 1 aromatic rings. The third-order valence-electron chi connectivity index (χ3n) is 6.25. The zero-order chi connectivity index (χ0) is 14.0. The molecule has 3 unspecified atom stereocenters. The first-order valence-electron chi connectivity index (χ1n) is 8.00. The summed E-state index contributed by atoms with van der Waals surface area (Å²) in [7, 11) is 0. The van der Waals surface area contributed by atoms with Gasteiger partial charge in [-0.2, -0.15) is 0 Å². The standard InChI is InChI=1S/C18H25NO/c1-16-6-13-7-17(2,10-16)12-18(8-13,11-16)15(20)14-4-3-5-19-9-14/h3-5,9,13,15,20H,6-8,10-12H2,1-2H3. The molecule has 3 atom stereocenters. The molecule has 2 heteroatoms. The first-order chi connectivity index (χ1) is 9.42. The lowest BCUT2D eigenvalue weighted by Gasteiger charge is -2.66. The molecule has 0 aromatic carbocycles. The van der Waals surface area contributed by atoms with Crippen LogP contribution in [0.25, 0.3) is 0 Å². The average molecular weight is 271 g/mol. The van der Waals surface area contributed by atoms with Gasteiger partial charge in [-0.3, -0.25) is 4.98 Å². The van der Waals surface area contributed by atoms with Gasteiger partial charge in [-0.05, 0) is 66.9 Å². The van der Waals surface area contributed by atoms with E-state index in [0.29, 0.717) is 10.8 Å². The van der Waals surface area contributed by atoms with Crippen LogP contribution in [0, 0.1) is 22.2 Å². The summed E-state index contributed by atoms with van der Waals surface area (Å²) >= 11 is 0. The summed E-state index contributed by atoms with van der Waals surface area (Å²) in [5.74, 6) is 0.826. The summed E-state index contributed by atoms with van der Waals surface area (Å²) in [6, 6.07) is 3.99. The van der Waals surface area contributed by atoms with Crippen molar-refractivity contribution in [2.24, 2.45) is 22.2 Å². The van der Waals surface area contributed by atoms with E-state index in [1.165, 1.54) is 38.5 Å². The second-order valence-electron chi connectivity index (χ2n) is 8.68. The molecule has 0 amide bonds. The van der Waals surface area contributed by atoms with Gasteiger partial charge in [0.2, 0.25) is 0 Å². The van der Waals surface area contributed by atoms with Crippen molar-refractivity contribution in [3.63, 3.8) is 0 Å². The highest BCUT2D eigenvalue weighted by Gasteiger charge is 2.62. The molecule has 0 saturated heterocycles. The van der Waals surface area contributed by atoms with Gasteiger partial charge in [0.15, 0.2) is 0 Å². The number of pyridine rings is 1. The minimum absolute atomic E-state index is 0.103. The largest absolute Gasteiger partial charge is 0.388 e. The van der Waals surface area contributed by atoms with Crippen molar-refractivity contribution in [2.45, 2.75) is 58.5 Å². The van der Waals surface area contributed by atoms with Gasteiger partial charge >= 0.3 is 0 Å². The predicted molar refractivity (Wildman–Crippen MR) is 79.0 cm³/mol. The summed E-state index contributed by atoms with van der Waals surface area (Å²) in [4.78, 5) is 4.21. The van der Waals surface area contributed by atoms with Gasteiger partial charge in [0.05, 0.1) is 6.10 Å².